The van der Waals surface area contributed by atoms with Gasteiger partial charge in [-0.3, -0.25) is 0 Å². The first-order valence-electron chi connectivity index (χ1n) is 5.52. The van der Waals surface area contributed by atoms with Crippen molar-refractivity contribution in [2.75, 3.05) is 12.4 Å². The van der Waals surface area contributed by atoms with Crippen molar-refractivity contribution in [3.8, 4) is 0 Å². The van der Waals surface area contributed by atoms with Crippen LogP contribution in [0, 0.1) is 5.41 Å². The van der Waals surface area contributed by atoms with Crippen LogP contribution in [-0.4, -0.2) is 23.0 Å². The lowest BCUT2D eigenvalue weighted by Crippen LogP contribution is -2.47. The maximum absolute atomic E-state index is 9.45. The Bertz CT molecular complexity index is 145. The highest BCUT2D eigenvalue weighted by Crippen LogP contribution is 2.35. The Morgan fingerprint density at radius 1 is 1.14 bits per heavy atom. The van der Waals surface area contributed by atoms with Crippen molar-refractivity contribution in [2.24, 2.45) is 11.1 Å². The molecular weight excluding hydrogens is 194 g/mol. The summed E-state index contributed by atoms with van der Waals surface area (Å²) in [5.41, 5.74) is 5.99. The van der Waals surface area contributed by atoms with E-state index in [0.29, 0.717) is 5.75 Å². The molecule has 2 nitrogen and oxygen atoms in total. The van der Waals surface area contributed by atoms with Crippen LogP contribution in [0.4, 0.5) is 0 Å². The second-order valence-corrected chi connectivity index (χ2v) is 4.73. The summed E-state index contributed by atoms with van der Waals surface area (Å²) < 4.78 is 0. The van der Waals surface area contributed by atoms with Gasteiger partial charge in [0.2, 0.25) is 0 Å². The third-order valence-corrected chi connectivity index (χ3v) is 4.21. The molecule has 0 bridgehead atoms. The molecule has 0 radical (unpaired) electrons. The van der Waals surface area contributed by atoms with Gasteiger partial charge in [-0.1, -0.05) is 20.8 Å². The van der Waals surface area contributed by atoms with Crippen LogP contribution in [-0.2, 0) is 0 Å². The van der Waals surface area contributed by atoms with E-state index in [1.54, 1.807) is 0 Å². The Morgan fingerprint density at radius 2 is 1.64 bits per heavy atom. The van der Waals surface area contributed by atoms with Crippen LogP contribution in [0.25, 0.3) is 0 Å². The summed E-state index contributed by atoms with van der Waals surface area (Å²) >= 11 is 4.30. The van der Waals surface area contributed by atoms with Crippen LogP contribution in [0.2, 0.25) is 0 Å². The molecule has 1 atom stereocenters. The van der Waals surface area contributed by atoms with Crippen molar-refractivity contribution < 1.29 is 5.11 Å². The SMILES string of the molecule is CCC(N)(CS)CC(CC)(CC)CO. The van der Waals surface area contributed by atoms with E-state index >= 15 is 0 Å². The van der Waals surface area contributed by atoms with Crippen LogP contribution in [0.3, 0.4) is 0 Å². The van der Waals surface area contributed by atoms with Gasteiger partial charge in [-0.05, 0) is 31.1 Å². The summed E-state index contributed by atoms with van der Waals surface area (Å²) in [7, 11) is 0. The lowest BCUT2D eigenvalue weighted by atomic mass is 9.72. The summed E-state index contributed by atoms with van der Waals surface area (Å²) in [5, 5.41) is 9.45. The summed E-state index contributed by atoms with van der Waals surface area (Å²) in [6.45, 7) is 6.55. The summed E-state index contributed by atoms with van der Waals surface area (Å²) in [6, 6.07) is 0. The summed E-state index contributed by atoms with van der Waals surface area (Å²) in [4.78, 5) is 0. The van der Waals surface area contributed by atoms with Crippen molar-refractivity contribution in [1.82, 2.24) is 0 Å². The predicted octanol–water partition coefficient (Wildman–Crippen LogP) is 2.21. The summed E-state index contributed by atoms with van der Waals surface area (Å²) in [5.74, 6) is 0.686. The van der Waals surface area contributed by atoms with E-state index < -0.39 is 0 Å². The molecule has 0 aromatic rings. The van der Waals surface area contributed by atoms with Crippen molar-refractivity contribution in [3.05, 3.63) is 0 Å². The summed E-state index contributed by atoms with van der Waals surface area (Å²) in [6.07, 6.45) is 3.74. The van der Waals surface area contributed by atoms with Crippen LogP contribution < -0.4 is 5.73 Å². The van der Waals surface area contributed by atoms with Gasteiger partial charge in [0.1, 0.15) is 0 Å². The van der Waals surface area contributed by atoms with Gasteiger partial charge >= 0.3 is 0 Å². The Hall–Kier alpha value is 0.270. The lowest BCUT2D eigenvalue weighted by molar-refractivity contribution is 0.0813. The van der Waals surface area contributed by atoms with Gasteiger partial charge in [0, 0.05) is 17.9 Å². The number of nitrogens with two attached hydrogens (primary N) is 1. The largest absolute Gasteiger partial charge is 0.396 e. The molecule has 3 heteroatoms. The third-order valence-electron chi connectivity index (χ3n) is 3.58. The molecule has 0 saturated heterocycles. The molecule has 0 amide bonds. The van der Waals surface area contributed by atoms with Crippen molar-refractivity contribution in [1.29, 1.82) is 0 Å². The number of rotatable bonds is 7. The van der Waals surface area contributed by atoms with Crippen molar-refractivity contribution in [3.63, 3.8) is 0 Å². The molecule has 0 aliphatic heterocycles. The normalized spacial score (nSPS) is 16.7. The van der Waals surface area contributed by atoms with Gasteiger partial charge in [-0.15, -0.1) is 0 Å². The Kier molecular flexibility index (Phi) is 6.10. The fourth-order valence-electron chi connectivity index (χ4n) is 1.82. The lowest BCUT2D eigenvalue weighted by Gasteiger charge is -2.38. The minimum absolute atomic E-state index is 0.00646. The Labute approximate surface area is 93.7 Å². The zero-order valence-corrected chi connectivity index (χ0v) is 10.6. The van der Waals surface area contributed by atoms with Crippen LogP contribution >= 0.6 is 12.6 Å². The molecule has 0 aromatic carbocycles. The number of hydrogen-bond donors (Lipinski definition) is 3. The quantitative estimate of drug-likeness (QED) is 0.575. The smallest absolute Gasteiger partial charge is 0.0487 e. The molecule has 0 saturated carbocycles. The first kappa shape index (κ1) is 14.3. The Balaban J connectivity index is 4.56. The first-order chi connectivity index (χ1) is 6.51. The van der Waals surface area contributed by atoms with E-state index in [4.69, 9.17) is 5.73 Å². The van der Waals surface area contributed by atoms with Gasteiger partial charge in [0.05, 0.1) is 0 Å². The fourth-order valence-corrected chi connectivity index (χ4v) is 2.15. The molecule has 0 aliphatic carbocycles. The van der Waals surface area contributed by atoms with E-state index in [9.17, 15) is 5.11 Å². The van der Waals surface area contributed by atoms with Crippen LogP contribution in [0.1, 0.15) is 46.5 Å². The second-order valence-electron chi connectivity index (χ2n) is 4.42. The second kappa shape index (κ2) is 5.99. The molecule has 0 rings (SSSR count). The van der Waals surface area contributed by atoms with E-state index in [1.165, 1.54) is 0 Å². The standard InChI is InChI=1S/C11H25NOS/c1-4-10(5-2,8-13)7-11(12,6-3)9-14/h13-14H,4-9,12H2,1-3H3. The molecule has 0 aliphatic rings. The van der Waals surface area contributed by atoms with Gasteiger partial charge in [-0.25, -0.2) is 0 Å². The molecular formula is C11H25NOS. The zero-order chi connectivity index (χ0) is 11.2. The van der Waals surface area contributed by atoms with Crippen LogP contribution in [0.15, 0.2) is 0 Å². The number of thiol groups is 1. The molecule has 1 unspecified atom stereocenters. The topological polar surface area (TPSA) is 46.2 Å². The molecule has 3 N–H and O–H groups in total. The molecule has 0 aromatic heterocycles. The first-order valence-corrected chi connectivity index (χ1v) is 6.15. The highest BCUT2D eigenvalue weighted by molar-refractivity contribution is 7.80. The van der Waals surface area contributed by atoms with E-state index in [1.807, 2.05) is 0 Å². The minimum atomic E-state index is -0.224. The maximum atomic E-state index is 9.45. The monoisotopic (exact) mass is 219 g/mol. The third kappa shape index (κ3) is 3.44. The molecule has 0 fully saturated rings. The number of hydrogen-bond acceptors (Lipinski definition) is 3. The van der Waals surface area contributed by atoms with Crippen molar-refractivity contribution in [2.45, 2.75) is 52.0 Å². The van der Waals surface area contributed by atoms with Gasteiger partial charge in [0.25, 0.3) is 0 Å². The minimum Gasteiger partial charge on any atom is -0.396 e. The van der Waals surface area contributed by atoms with E-state index in [2.05, 4.69) is 33.4 Å². The van der Waals surface area contributed by atoms with Gasteiger partial charge in [0.15, 0.2) is 0 Å². The van der Waals surface area contributed by atoms with Gasteiger partial charge in [-0.2, -0.15) is 12.6 Å². The van der Waals surface area contributed by atoms with Crippen molar-refractivity contribution >= 4 is 12.6 Å². The maximum Gasteiger partial charge on any atom is 0.0487 e. The average Bonchev–Trinajstić information content (AvgIpc) is 2.26. The Morgan fingerprint density at radius 3 is 1.86 bits per heavy atom. The van der Waals surface area contributed by atoms with E-state index in [0.717, 1.165) is 25.7 Å². The highest BCUT2D eigenvalue weighted by Gasteiger charge is 2.34. The fraction of sp³-hybridized carbons (Fsp3) is 1.00. The molecule has 14 heavy (non-hydrogen) atoms. The van der Waals surface area contributed by atoms with E-state index in [-0.39, 0.29) is 17.6 Å². The highest BCUT2D eigenvalue weighted by atomic mass is 32.1. The predicted molar refractivity (Wildman–Crippen MR) is 65.8 cm³/mol. The molecule has 86 valence electrons. The molecule has 0 heterocycles. The number of aliphatic hydroxyl groups excluding tert-OH is 1. The van der Waals surface area contributed by atoms with Gasteiger partial charge < -0.3 is 10.8 Å². The zero-order valence-electron chi connectivity index (χ0n) is 9.71. The average molecular weight is 219 g/mol. The van der Waals surface area contributed by atoms with Crippen LogP contribution in [0.5, 0.6) is 0 Å². The molecule has 0 spiro atoms. The number of aliphatic hydroxyl groups is 1.